The zero-order chi connectivity index (χ0) is 22.1. The summed E-state index contributed by atoms with van der Waals surface area (Å²) in [5.41, 5.74) is 9.87. The summed E-state index contributed by atoms with van der Waals surface area (Å²) in [6.07, 6.45) is 3.08. The molecule has 0 saturated heterocycles. The Balaban J connectivity index is 2.08. The molecule has 0 spiro atoms. The highest BCUT2D eigenvalue weighted by atomic mass is 79.9. The average Bonchev–Trinajstić information content (AvgIpc) is 2.75. The fourth-order valence-electron chi connectivity index (χ4n) is 2.28. The van der Waals surface area contributed by atoms with Crippen LogP contribution in [0.25, 0.3) is 0 Å². The highest BCUT2D eigenvalue weighted by molar-refractivity contribution is 9.10. The number of methoxy groups -OCH3 is 4. The molecule has 0 amide bonds. The van der Waals surface area contributed by atoms with E-state index in [0.717, 1.165) is 20.1 Å². The third-order valence-electron chi connectivity index (χ3n) is 3.75. The van der Waals surface area contributed by atoms with Gasteiger partial charge in [-0.2, -0.15) is 10.2 Å². The summed E-state index contributed by atoms with van der Waals surface area (Å²) in [5.74, 6) is 2.36. The van der Waals surface area contributed by atoms with Gasteiger partial charge in [0, 0.05) is 20.1 Å². The van der Waals surface area contributed by atoms with Crippen molar-refractivity contribution >= 4 is 50.2 Å². The zero-order valence-electron chi connectivity index (χ0n) is 16.8. The maximum Gasteiger partial charge on any atom is 0.234 e. The third kappa shape index (κ3) is 6.10. The van der Waals surface area contributed by atoms with Crippen LogP contribution in [0.1, 0.15) is 11.1 Å². The number of halogens is 2. The van der Waals surface area contributed by atoms with E-state index in [9.17, 15) is 0 Å². The number of nitrogens with one attached hydrogen (secondary N) is 1. The van der Waals surface area contributed by atoms with Crippen molar-refractivity contribution in [3.8, 4) is 23.0 Å². The van der Waals surface area contributed by atoms with Crippen molar-refractivity contribution in [2.24, 2.45) is 21.0 Å². The minimum Gasteiger partial charge on any atom is -0.493 e. The van der Waals surface area contributed by atoms with Crippen LogP contribution < -0.4 is 30.1 Å². The third-order valence-corrected chi connectivity index (χ3v) is 5.12. The predicted octanol–water partition coefficient (Wildman–Crippen LogP) is 3.52. The van der Waals surface area contributed by atoms with Gasteiger partial charge < -0.3 is 24.7 Å². The second kappa shape index (κ2) is 11.4. The van der Waals surface area contributed by atoms with Crippen molar-refractivity contribution in [1.29, 1.82) is 0 Å². The van der Waals surface area contributed by atoms with E-state index >= 15 is 0 Å². The van der Waals surface area contributed by atoms with Crippen LogP contribution in [0.3, 0.4) is 0 Å². The van der Waals surface area contributed by atoms with Gasteiger partial charge in [0.05, 0.1) is 40.9 Å². The van der Waals surface area contributed by atoms with Gasteiger partial charge in [0.1, 0.15) is 0 Å². The van der Waals surface area contributed by atoms with E-state index in [4.69, 9.17) is 24.7 Å². The summed E-state index contributed by atoms with van der Waals surface area (Å²) >= 11 is 6.90. The molecule has 0 aromatic heterocycles. The molecule has 0 saturated carbocycles. The van der Waals surface area contributed by atoms with Crippen LogP contribution >= 0.6 is 31.9 Å². The SMILES string of the molecule is COc1cc(Br)c(C=N/N=C(\N)NN=Cc2cc(OC)c(OC)cc2Br)cc1OC. The Morgan fingerprint density at radius 2 is 1.23 bits per heavy atom. The second-order valence-electron chi connectivity index (χ2n) is 5.56. The van der Waals surface area contributed by atoms with Crippen molar-refractivity contribution in [3.63, 3.8) is 0 Å². The van der Waals surface area contributed by atoms with Gasteiger partial charge in [0.25, 0.3) is 0 Å². The van der Waals surface area contributed by atoms with E-state index in [2.05, 4.69) is 52.6 Å². The van der Waals surface area contributed by atoms with E-state index in [1.165, 1.54) is 6.21 Å². The quantitative estimate of drug-likeness (QED) is 0.300. The number of ether oxygens (including phenoxy) is 4. The molecule has 2 aromatic rings. The number of hydrogen-bond acceptors (Lipinski definition) is 7. The molecule has 30 heavy (non-hydrogen) atoms. The predicted molar refractivity (Wildman–Crippen MR) is 124 cm³/mol. The van der Waals surface area contributed by atoms with Gasteiger partial charge in [-0.25, -0.2) is 5.43 Å². The maximum absolute atomic E-state index is 5.78. The van der Waals surface area contributed by atoms with Crippen LogP contribution in [0.15, 0.2) is 48.5 Å². The number of nitrogens with two attached hydrogens (primary N) is 1. The summed E-state index contributed by atoms with van der Waals surface area (Å²) in [5, 5.41) is 11.9. The van der Waals surface area contributed by atoms with Gasteiger partial charge in [-0.05, 0) is 56.1 Å². The van der Waals surface area contributed by atoms with Crippen LogP contribution in [-0.4, -0.2) is 46.8 Å². The summed E-state index contributed by atoms with van der Waals surface area (Å²) in [6, 6.07) is 7.09. The van der Waals surface area contributed by atoms with Gasteiger partial charge in [-0.15, -0.1) is 5.10 Å². The highest BCUT2D eigenvalue weighted by Gasteiger charge is 2.09. The summed E-state index contributed by atoms with van der Waals surface area (Å²) < 4.78 is 22.6. The number of benzene rings is 2. The summed E-state index contributed by atoms with van der Waals surface area (Å²) in [7, 11) is 6.25. The van der Waals surface area contributed by atoms with Crippen LogP contribution in [0.2, 0.25) is 0 Å². The first-order valence-electron chi connectivity index (χ1n) is 8.42. The second-order valence-corrected chi connectivity index (χ2v) is 7.27. The molecule has 160 valence electrons. The Hall–Kier alpha value is -2.79. The first kappa shape index (κ1) is 23.5. The molecule has 0 aliphatic carbocycles. The lowest BCUT2D eigenvalue weighted by molar-refractivity contribution is 0.354. The Bertz CT molecular complexity index is 980. The van der Waals surface area contributed by atoms with E-state index in [0.29, 0.717) is 23.0 Å². The van der Waals surface area contributed by atoms with Gasteiger partial charge in [-0.3, -0.25) is 0 Å². The van der Waals surface area contributed by atoms with Crippen LogP contribution in [0, 0.1) is 0 Å². The lowest BCUT2D eigenvalue weighted by Gasteiger charge is -2.09. The number of nitrogens with zero attached hydrogens (tertiary/aromatic N) is 3. The standard InChI is InChI=1S/C19H21Br2N5O4/c1-27-15-5-11(13(20)7-17(15)29-3)9-23-25-19(22)26-24-10-12-6-16(28-2)18(30-4)8-14(12)21/h5-10H,1-4H3,(H3,22,25,26). The number of hydrogen-bond donors (Lipinski definition) is 2. The molecule has 2 rings (SSSR count). The van der Waals surface area contributed by atoms with Gasteiger partial charge in [-0.1, -0.05) is 0 Å². The Kier molecular flexibility index (Phi) is 8.93. The molecule has 2 aromatic carbocycles. The smallest absolute Gasteiger partial charge is 0.234 e. The van der Waals surface area contributed by atoms with Crippen molar-refractivity contribution in [3.05, 3.63) is 44.3 Å². The fourth-order valence-corrected chi connectivity index (χ4v) is 3.13. The molecule has 0 fully saturated rings. The molecular weight excluding hydrogens is 522 g/mol. The Morgan fingerprint density at radius 3 is 1.70 bits per heavy atom. The molecule has 0 atom stereocenters. The first-order valence-corrected chi connectivity index (χ1v) is 10.0. The molecule has 9 nitrogen and oxygen atoms in total. The first-order chi connectivity index (χ1) is 14.4. The number of guanidine groups is 1. The van der Waals surface area contributed by atoms with Crippen molar-refractivity contribution < 1.29 is 18.9 Å². The van der Waals surface area contributed by atoms with Gasteiger partial charge in [0.15, 0.2) is 23.0 Å². The van der Waals surface area contributed by atoms with Gasteiger partial charge in [0.2, 0.25) is 5.96 Å². The minimum atomic E-state index is 0.00991. The van der Waals surface area contributed by atoms with E-state index in [1.54, 1.807) is 58.9 Å². The summed E-state index contributed by atoms with van der Waals surface area (Å²) in [4.78, 5) is 0. The summed E-state index contributed by atoms with van der Waals surface area (Å²) in [6.45, 7) is 0. The fraction of sp³-hybridized carbons (Fsp3) is 0.211. The molecule has 0 radical (unpaired) electrons. The van der Waals surface area contributed by atoms with Crippen molar-refractivity contribution in [2.75, 3.05) is 28.4 Å². The molecule has 0 bridgehead atoms. The van der Waals surface area contributed by atoms with E-state index < -0.39 is 0 Å². The lowest BCUT2D eigenvalue weighted by atomic mass is 10.2. The van der Waals surface area contributed by atoms with Crippen LogP contribution in [-0.2, 0) is 0 Å². The van der Waals surface area contributed by atoms with E-state index in [1.807, 2.05) is 0 Å². The Labute approximate surface area is 191 Å². The molecular formula is C19H21Br2N5O4. The molecule has 0 aliphatic rings. The maximum atomic E-state index is 5.78. The van der Waals surface area contributed by atoms with Crippen molar-refractivity contribution in [2.45, 2.75) is 0 Å². The molecule has 0 unspecified atom stereocenters. The van der Waals surface area contributed by atoms with Gasteiger partial charge >= 0.3 is 0 Å². The van der Waals surface area contributed by atoms with E-state index in [-0.39, 0.29) is 5.96 Å². The number of rotatable bonds is 8. The monoisotopic (exact) mass is 541 g/mol. The Morgan fingerprint density at radius 1 is 0.800 bits per heavy atom. The normalized spacial score (nSPS) is 11.7. The number of hydrazone groups is 1. The topological polar surface area (TPSA) is 112 Å². The lowest BCUT2D eigenvalue weighted by Crippen LogP contribution is -2.26. The molecule has 0 aliphatic heterocycles. The average molecular weight is 543 g/mol. The highest BCUT2D eigenvalue weighted by Crippen LogP contribution is 2.33. The van der Waals surface area contributed by atoms with Crippen LogP contribution in [0.5, 0.6) is 23.0 Å². The minimum absolute atomic E-state index is 0.00991. The molecule has 11 heteroatoms. The molecule has 0 heterocycles. The largest absolute Gasteiger partial charge is 0.493 e. The zero-order valence-corrected chi connectivity index (χ0v) is 19.9. The molecule has 3 N–H and O–H groups in total. The van der Waals surface area contributed by atoms with Crippen LogP contribution in [0.4, 0.5) is 0 Å². The van der Waals surface area contributed by atoms with Crippen molar-refractivity contribution in [1.82, 2.24) is 5.43 Å².